The van der Waals surface area contributed by atoms with Gasteiger partial charge in [-0.05, 0) is 24.5 Å². The third-order valence-corrected chi connectivity index (χ3v) is 7.53. The van der Waals surface area contributed by atoms with Crippen molar-refractivity contribution in [3.05, 3.63) is 75.8 Å². The maximum absolute atomic E-state index is 13.9. The van der Waals surface area contributed by atoms with Gasteiger partial charge in [0.15, 0.2) is 5.78 Å². The van der Waals surface area contributed by atoms with E-state index in [-0.39, 0.29) is 35.7 Å². The van der Waals surface area contributed by atoms with E-state index in [2.05, 4.69) is 0 Å². The number of para-hydroxylation sites is 1. The molecular formula is C26H23N3O6. The maximum atomic E-state index is 13.9. The summed E-state index contributed by atoms with van der Waals surface area (Å²) in [5.74, 6) is -2.66. The van der Waals surface area contributed by atoms with Gasteiger partial charge in [0.25, 0.3) is 5.69 Å². The molecule has 2 aromatic rings. The molecule has 6 rings (SSSR count). The number of hydrogen-bond donors (Lipinski definition) is 0. The minimum Gasteiger partial charge on any atom is -0.376 e. The molecule has 0 aromatic heterocycles. The molecule has 3 saturated heterocycles. The Bertz CT molecular complexity index is 1280. The van der Waals surface area contributed by atoms with Crippen LogP contribution < -0.4 is 4.90 Å². The fourth-order valence-corrected chi connectivity index (χ4v) is 5.99. The van der Waals surface area contributed by atoms with Gasteiger partial charge in [-0.25, -0.2) is 0 Å². The highest BCUT2D eigenvalue weighted by molar-refractivity contribution is 6.14. The number of carbonyl (C=O) groups excluding carboxylic acids is 3. The van der Waals surface area contributed by atoms with Crippen LogP contribution in [-0.2, 0) is 14.3 Å². The Kier molecular flexibility index (Phi) is 5.03. The van der Waals surface area contributed by atoms with Crippen LogP contribution in [0.25, 0.3) is 6.08 Å². The lowest BCUT2D eigenvalue weighted by molar-refractivity contribution is -0.384. The Morgan fingerprint density at radius 2 is 1.89 bits per heavy atom. The van der Waals surface area contributed by atoms with Crippen molar-refractivity contribution in [2.75, 3.05) is 18.1 Å². The number of nitro benzene ring substituents is 1. The van der Waals surface area contributed by atoms with Gasteiger partial charge < -0.3 is 9.64 Å². The van der Waals surface area contributed by atoms with Crippen molar-refractivity contribution in [1.29, 1.82) is 0 Å². The van der Waals surface area contributed by atoms with E-state index in [9.17, 15) is 24.5 Å². The first-order valence-corrected chi connectivity index (χ1v) is 11.8. The lowest BCUT2D eigenvalue weighted by atomic mass is 9.86. The zero-order valence-corrected chi connectivity index (χ0v) is 18.8. The molecule has 5 atom stereocenters. The Balaban J connectivity index is 1.44. The second kappa shape index (κ2) is 8.13. The molecule has 9 heteroatoms. The molecule has 0 radical (unpaired) electrons. The Morgan fingerprint density at radius 3 is 2.66 bits per heavy atom. The molecule has 0 spiro atoms. The fourth-order valence-electron chi connectivity index (χ4n) is 5.99. The summed E-state index contributed by atoms with van der Waals surface area (Å²) in [6.45, 7) is 0.799. The molecular weight excluding hydrogens is 450 g/mol. The number of imide groups is 1. The number of ether oxygens (including phenoxy) is 1. The molecule has 0 aliphatic carbocycles. The van der Waals surface area contributed by atoms with Crippen LogP contribution >= 0.6 is 0 Å². The van der Waals surface area contributed by atoms with Gasteiger partial charge in [-0.2, -0.15) is 0 Å². The van der Waals surface area contributed by atoms with Crippen molar-refractivity contribution in [2.45, 2.75) is 31.0 Å². The number of fused-ring (bicyclic) bond motifs is 5. The number of hydrogen-bond acceptors (Lipinski definition) is 7. The summed E-state index contributed by atoms with van der Waals surface area (Å²) in [6.07, 6.45) is 5.30. The molecule has 0 saturated carbocycles. The summed E-state index contributed by atoms with van der Waals surface area (Å²) < 4.78 is 5.66. The van der Waals surface area contributed by atoms with Crippen molar-refractivity contribution in [3.8, 4) is 0 Å². The zero-order valence-electron chi connectivity index (χ0n) is 18.8. The zero-order chi connectivity index (χ0) is 24.3. The van der Waals surface area contributed by atoms with Crippen LogP contribution in [0.15, 0.2) is 54.6 Å². The number of likely N-dealkylation sites (tertiary alicyclic amines) is 1. The predicted molar refractivity (Wildman–Crippen MR) is 126 cm³/mol. The number of ketones is 1. The van der Waals surface area contributed by atoms with Crippen LogP contribution in [0.2, 0.25) is 0 Å². The van der Waals surface area contributed by atoms with Gasteiger partial charge in [-0.15, -0.1) is 0 Å². The van der Waals surface area contributed by atoms with Crippen LogP contribution in [0.3, 0.4) is 0 Å². The van der Waals surface area contributed by atoms with Crippen molar-refractivity contribution in [2.24, 2.45) is 11.8 Å². The average molecular weight is 473 g/mol. The first-order valence-electron chi connectivity index (χ1n) is 11.8. The second-order valence-electron chi connectivity index (χ2n) is 9.41. The quantitative estimate of drug-likeness (QED) is 0.284. The van der Waals surface area contributed by atoms with Gasteiger partial charge in [0.05, 0.1) is 35.4 Å². The van der Waals surface area contributed by atoms with E-state index < -0.39 is 34.6 Å². The number of anilines is 1. The number of benzene rings is 2. The van der Waals surface area contributed by atoms with Gasteiger partial charge in [0.2, 0.25) is 11.8 Å². The Hall–Kier alpha value is -3.85. The third-order valence-electron chi connectivity index (χ3n) is 7.53. The van der Waals surface area contributed by atoms with Crippen LogP contribution in [0.5, 0.6) is 0 Å². The molecule has 2 aromatic carbocycles. The molecule has 4 aliphatic heterocycles. The van der Waals surface area contributed by atoms with E-state index in [0.29, 0.717) is 6.61 Å². The minimum absolute atomic E-state index is 0.147. The van der Waals surface area contributed by atoms with E-state index in [1.54, 1.807) is 0 Å². The van der Waals surface area contributed by atoms with Crippen molar-refractivity contribution in [3.63, 3.8) is 0 Å². The second-order valence-corrected chi connectivity index (χ2v) is 9.41. The number of Topliss-reactive ketones (excluding diaryl/α,β-unsaturated/α-hetero) is 1. The molecule has 0 N–H and O–H groups in total. The molecule has 0 unspecified atom stereocenters. The van der Waals surface area contributed by atoms with Gasteiger partial charge in [-0.1, -0.05) is 42.5 Å². The van der Waals surface area contributed by atoms with E-state index in [1.165, 1.54) is 29.2 Å². The van der Waals surface area contributed by atoms with Crippen LogP contribution in [0.1, 0.15) is 28.8 Å². The average Bonchev–Trinajstić information content (AvgIpc) is 3.57. The number of nitrogens with zero attached hydrogens (tertiary/aromatic N) is 3. The molecule has 35 heavy (non-hydrogen) atoms. The maximum Gasteiger partial charge on any atom is 0.270 e. The smallest absolute Gasteiger partial charge is 0.270 e. The normalized spacial score (nSPS) is 28.7. The van der Waals surface area contributed by atoms with Gasteiger partial charge >= 0.3 is 0 Å². The van der Waals surface area contributed by atoms with E-state index in [4.69, 9.17) is 4.74 Å². The van der Waals surface area contributed by atoms with E-state index >= 15 is 0 Å². The molecule has 178 valence electrons. The molecule has 2 amide bonds. The van der Waals surface area contributed by atoms with Crippen LogP contribution in [0.4, 0.5) is 11.4 Å². The summed E-state index contributed by atoms with van der Waals surface area (Å²) in [5.41, 5.74) is 1.60. The van der Waals surface area contributed by atoms with E-state index in [1.807, 2.05) is 41.3 Å². The fraction of sp³-hybridized carbons (Fsp3) is 0.346. The molecule has 0 bridgehead atoms. The van der Waals surface area contributed by atoms with Gasteiger partial charge in [0, 0.05) is 30.0 Å². The first-order chi connectivity index (χ1) is 17.0. The van der Waals surface area contributed by atoms with Crippen LogP contribution in [-0.4, -0.2) is 58.8 Å². The summed E-state index contributed by atoms with van der Waals surface area (Å²) in [5, 5.41) is 11.3. The van der Waals surface area contributed by atoms with Gasteiger partial charge in [-0.3, -0.25) is 29.4 Å². The van der Waals surface area contributed by atoms with Crippen LogP contribution in [0, 0.1) is 22.0 Å². The summed E-state index contributed by atoms with van der Waals surface area (Å²) in [4.78, 5) is 55.1. The molecule has 4 heterocycles. The third kappa shape index (κ3) is 3.30. The predicted octanol–water partition coefficient (Wildman–Crippen LogP) is 2.84. The topological polar surface area (TPSA) is 110 Å². The molecule has 9 nitrogen and oxygen atoms in total. The van der Waals surface area contributed by atoms with Crippen molar-refractivity contribution < 1.29 is 24.0 Å². The monoisotopic (exact) mass is 473 g/mol. The lowest BCUT2D eigenvalue weighted by Gasteiger charge is -2.36. The molecule has 4 aliphatic rings. The summed E-state index contributed by atoms with van der Waals surface area (Å²) in [6, 6.07) is 11.7. The largest absolute Gasteiger partial charge is 0.376 e. The molecule has 3 fully saturated rings. The number of rotatable bonds is 5. The minimum atomic E-state index is -0.955. The number of carbonyl (C=O) groups is 3. The van der Waals surface area contributed by atoms with Gasteiger partial charge in [0.1, 0.15) is 6.04 Å². The standard InChI is InChI=1S/C26H23N3O6/c30-24(16-6-3-7-17(13-16)29(33)34)23-22-21(20-11-10-15-5-1-2-9-19(15)28(20)23)25(31)27(26(22)32)14-18-8-4-12-35-18/h1-3,5-7,9-11,13,18,20-23H,4,8,12,14H2/t18-,20+,21-,22+,23-/m0/s1. The highest BCUT2D eigenvalue weighted by atomic mass is 16.6. The number of amides is 2. The summed E-state index contributed by atoms with van der Waals surface area (Å²) >= 11 is 0. The highest BCUT2D eigenvalue weighted by Crippen LogP contribution is 2.49. The lowest BCUT2D eigenvalue weighted by Crippen LogP contribution is -2.49. The van der Waals surface area contributed by atoms with Crippen molar-refractivity contribution >= 4 is 35.0 Å². The summed E-state index contributed by atoms with van der Waals surface area (Å²) in [7, 11) is 0. The first kappa shape index (κ1) is 21.7. The Morgan fingerprint density at radius 1 is 1.09 bits per heavy atom. The highest BCUT2D eigenvalue weighted by Gasteiger charge is 2.64. The van der Waals surface area contributed by atoms with E-state index in [0.717, 1.165) is 24.1 Å². The Labute approximate surface area is 201 Å². The van der Waals surface area contributed by atoms with Crippen molar-refractivity contribution in [1.82, 2.24) is 4.90 Å². The SMILES string of the molecule is O=C(c1cccc([N+](=O)[O-])c1)[C@@H]1[C@@H]2C(=O)N(C[C@@H]3CCCO3)C(=O)[C@H]2[C@H]2C=Cc3ccccc3N21. The number of nitro groups is 1. The number of non-ortho nitro benzene ring substituents is 1.